The predicted molar refractivity (Wildman–Crippen MR) is 109 cm³/mol. The van der Waals surface area contributed by atoms with Gasteiger partial charge in [0.05, 0.1) is 6.61 Å². The Bertz CT molecular complexity index is 597. The molecule has 152 valence electrons. The Morgan fingerprint density at radius 1 is 1.33 bits per heavy atom. The molecule has 0 aromatic heterocycles. The minimum absolute atomic E-state index is 0.135. The number of nitrogens with two attached hydrogens (primary N) is 1. The second-order valence-electron chi connectivity index (χ2n) is 7.48. The number of nitrogens with one attached hydrogen (secondary N) is 2. The maximum absolute atomic E-state index is 14.0. The zero-order chi connectivity index (χ0) is 19.6. The van der Waals surface area contributed by atoms with Crippen LogP contribution in [0.15, 0.2) is 18.2 Å². The highest BCUT2D eigenvalue weighted by molar-refractivity contribution is 7.97. The third-order valence-corrected chi connectivity index (χ3v) is 5.50. The van der Waals surface area contributed by atoms with Crippen molar-refractivity contribution < 1.29 is 13.9 Å². The molecule has 4 N–H and O–H groups in total. The van der Waals surface area contributed by atoms with Crippen molar-refractivity contribution in [3.05, 3.63) is 29.6 Å². The van der Waals surface area contributed by atoms with Crippen molar-refractivity contribution >= 4 is 18.0 Å². The van der Waals surface area contributed by atoms with Crippen LogP contribution in [-0.4, -0.2) is 24.9 Å². The van der Waals surface area contributed by atoms with Gasteiger partial charge in [0.2, 0.25) is 0 Å². The lowest BCUT2D eigenvalue weighted by molar-refractivity contribution is 0.248. The number of benzene rings is 1. The average Bonchev–Trinajstić information content (AvgIpc) is 3.44. The van der Waals surface area contributed by atoms with E-state index in [0.29, 0.717) is 30.7 Å². The number of urea groups is 1. The first-order chi connectivity index (χ1) is 13.0. The van der Waals surface area contributed by atoms with Gasteiger partial charge in [-0.25, -0.2) is 9.18 Å². The summed E-state index contributed by atoms with van der Waals surface area (Å²) in [6, 6.07) is 4.85. The van der Waals surface area contributed by atoms with Crippen LogP contribution in [0.25, 0.3) is 0 Å². The zero-order valence-electron chi connectivity index (χ0n) is 16.3. The third kappa shape index (κ3) is 8.39. The number of amides is 2. The molecule has 7 heteroatoms. The predicted octanol–water partition coefficient (Wildman–Crippen LogP) is 4.39. The summed E-state index contributed by atoms with van der Waals surface area (Å²) in [4.78, 5) is 10.6. The van der Waals surface area contributed by atoms with E-state index in [0.717, 1.165) is 30.6 Å². The van der Waals surface area contributed by atoms with Gasteiger partial charge in [0, 0.05) is 18.3 Å². The molecule has 1 aromatic carbocycles. The Morgan fingerprint density at radius 2 is 2.11 bits per heavy atom. The molecule has 0 spiro atoms. The molecule has 1 atom stereocenters. The van der Waals surface area contributed by atoms with Gasteiger partial charge in [-0.1, -0.05) is 38.3 Å². The SMILES string of the molecule is CC(C)C(NSCCCCCNC(N)=O)c1ccc(F)c(OCC2CC2)c1. The Kier molecular flexibility index (Phi) is 9.21. The zero-order valence-corrected chi connectivity index (χ0v) is 17.1. The molecule has 0 aliphatic heterocycles. The standard InChI is InChI=1S/C20H32FN3O2S/c1-14(2)19(24-27-11-5-3-4-10-23-20(22)25)16-8-9-17(21)18(12-16)26-13-15-6-7-15/h8-9,12,14-15,19,24H,3-7,10-11,13H2,1-2H3,(H3,22,23,25). The van der Waals surface area contributed by atoms with Crippen molar-refractivity contribution in [3.63, 3.8) is 0 Å². The van der Waals surface area contributed by atoms with Crippen molar-refractivity contribution in [2.75, 3.05) is 18.9 Å². The lowest BCUT2D eigenvalue weighted by Crippen LogP contribution is -2.29. The van der Waals surface area contributed by atoms with Crippen LogP contribution < -0.4 is 20.5 Å². The molecule has 27 heavy (non-hydrogen) atoms. The molecule has 0 radical (unpaired) electrons. The molecular weight excluding hydrogens is 365 g/mol. The lowest BCUT2D eigenvalue weighted by Gasteiger charge is -2.23. The van der Waals surface area contributed by atoms with E-state index >= 15 is 0 Å². The number of rotatable bonds is 13. The minimum Gasteiger partial charge on any atom is -0.490 e. The molecule has 2 rings (SSSR count). The number of primary amides is 1. The Hall–Kier alpha value is -1.47. The van der Waals surface area contributed by atoms with Gasteiger partial charge in [0.25, 0.3) is 0 Å². The summed E-state index contributed by atoms with van der Waals surface area (Å²) in [5.74, 6) is 2.02. The number of unbranched alkanes of at least 4 members (excludes halogenated alkanes) is 2. The van der Waals surface area contributed by atoms with Gasteiger partial charge in [-0.2, -0.15) is 0 Å². The first-order valence-corrected chi connectivity index (χ1v) is 10.8. The molecule has 0 heterocycles. The van der Waals surface area contributed by atoms with Crippen molar-refractivity contribution in [1.82, 2.24) is 10.0 Å². The number of hydrogen-bond donors (Lipinski definition) is 3. The molecule has 0 bridgehead atoms. The van der Waals surface area contributed by atoms with Crippen LogP contribution >= 0.6 is 11.9 Å². The normalized spacial score (nSPS) is 15.0. The highest BCUT2D eigenvalue weighted by Crippen LogP contribution is 2.32. The smallest absolute Gasteiger partial charge is 0.312 e. The van der Waals surface area contributed by atoms with Crippen molar-refractivity contribution in [3.8, 4) is 5.75 Å². The van der Waals surface area contributed by atoms with E-state index in [2.05, 4.69) is 23.9 Å². The van der Waals surface area contributed by atoms with Crippen molar-refractivity contribution in [2.24, 2.45) is 17.6 Å². The molecule has 1 aliphatic rings. The van der Waals surface area contributed by atoms with Crippen LogP contribution in [0.2, 0.25) is 0 Å². The largest absolute Gasteiger partial charge is 0.490 e. The lowest BCUT2D eigenvalue weighted by atomic mass is 9.97. The summed E-state index contributed by atoms with van der Waals surface area (Å²) in [5, 5.41) is 2.60. The van der Waals surface area contributed by atoms with E-state index < -0.39 is 6.03 Å². The number of carbonyl (C=O) groups is 1. The molecule has 1 fully saturated rings. The average molecular weight is 398 g/mol. The number of ether oxygens (including phenoxy) is 1. The van der Waals surface area contributed by atoms with Gasteiger partial charge in [-0.05, 0) is 55.2 Å². The fourth-order valence-corrected chi connectivity index (χ4v) is 3.80. The van der Waals surface area contributed by atoms with Crippen LogP contribution in [0.3, 0.4) is 0 Å². The van der Waals surface area contributed by atoms with Gasteiger partial charge in [0.1, 0.15) is 0 Å². The molecule has 1 aliphatic carbocycles. The highest BCUT2D eigenvalue weighted by Gasteiger charge is 2.23. The van der Waals surface area contributed by atoms with Crippen molar-refractivity contribution in [2.45, 2.75) is 52.0 Å². The Morgan fingerprint density at radius 3 is 2.78 bits per heavy atom. The maximum atomic E-state index is 14.0. The first-order valence-electron chi connectivity index (χ1n) is 9.80. The molecule has 0 saturated heterocycles. The fourth-order valence-electron chi connectivity index (χ4n) is 2.74. The van der Waals surface area contributed by atoms with Gasteiger partial charge < -0.3 is 15.8 Å². The van der Waals surface area contributed by atoms with Gasteiger partial charge in [-0.3, -0.25) is 4.72 Å². The van der Waals surface area contributed by atoms with E-state index in [4.69, 9.17) is 10.5 Å². The van der Waals surface area contributed by atoms with Crippen LogP contribution in [0.1, 0.15) is 57.6 Å². The summed E-state index contributed by atoms with van der Waals surface area (Å²) >= 11 is 1.69. The minimum atomic E-state index is -0.467. The summed E-state index contributed by atoms with van der Waals surface area (Å²) in [7, 11) is 0. The summed E-state index contributed by atoms with van der Waals surface area (Å²) in [6.07, 6.45) is 5.40. The van der Waals surface area contributed by atoms with Gasteiger partial charge in [0.15, 0.2) is 11.6 Å². The maximum Gasteiger partial charge on any atom is 0.312 e. The number of carbonyl (C=O) groups excluding carboxylic acids is 1. The Balaban J connectivity index is 1.76. The van der Waals surface area contributed by atoms with Gasteiger partial charge >= 0.3 is 6.03 Å². The summed E-state index contributed by atoms with van der Waals surface area (Å²) in [6.45, 7) is 5.55. The quantitative estimate of drug-likeness (QED) is 0.341. The fraction of sp³-hybridized carbons (Fsp3) is 0.650. The molecule has 1 unspecified atom stereocenters. The molecule has 2 amide bonds. The summed E-state index contributed by atoms with van der Waals surface area (Å²) in [5.41, 5.74) is 6.08. The monoisotopic (exact) mass is 397 g/mol. The second kappa shape index (κ2) is 11.4. The third-order valence-electron chi connectivity index (χ3n) is 4.59. The Labute approximate surface area is 166 Å². The molecule has 1 saturated carbocycles. The van der Waals surface area contributed by atoms with E-state index in [1.165, 1.54) is 18.9 Å². The second-order valence-corrected chi connectivity index (χ2v) is 8.42. The molecular formula is C20H32FN3O2S. The first kappa shape index (κ1) is 21.8. The number of halogens is 1. The van der Waals surface area contributed by atoms with Crippen LogP contribution in [0.4, 0.5) is 9.18 Å². The number of hydrogen-bond acceptors (Lipinski definition) is 4. The van der Waals surface area contributed by atoms with E-state index in [9.17, 15) is 9.18 Å². The van der Waals surface area contributed by atoms with E-state index in [-0.39, 0.29) is 11.9 Å². The van der Waals surface area contributed by atoms with Gasteiger partial charge in [-0.15, -0.1) is 0 Å². The van der Waals surface area contributed by atoms with E-state index in [1.54, 1.807) is 11.9 Å². The van der Waals surface area contributed by atoms with Crippen LogP contribution in [-0.2, 0) is 0 Å². The topological polar surface area (TPSA) is 76.4 Å². The molecule has 1 aromatic rings. The van der Waals surface area contributed by atoms with E-state index in [1.807, 2.05) is 12.1 Å². The highest BCUT2D eigenvalue weighted by atomic mass is 32.2. The van der Waals surface area contributed by atoms with Crippen LogP contribution in [0, 0.1) is 17.7 Å². The van der Waals surface area contributed by atoms with Crippen molar-refractivity contribution in [1.29, 1.82) is 0 Å². The van der Waals surface area contributed by atoms with Crippen LogP contribution in [0.5, 0.6) is 5.75 Å². The summed E-state index contributed by atoms with van der Waals surface area (Å²) < 4.78 is 23.2. The molecule has 5 nitrogen and oxygen atoms in total.